The molecule has 1 aliphatic rings. The third-order valence-electron chi connectivity index (χ3n) is 6.53. The van der Waals surface area contributed by atoms with E-state index in [0.717, 1.165) is 35.2 Å². The van der Waals surface area contributed by atoms with Gasteiger partial charge in [0.05, 0.1) is 35.2 Å². The van der Waals surface area contributed by atoms with Gasteiger partial charge < -0.3 is 26.5 Å². The number of esters is 1. The topological polar surface area (TPSA) is 139 Å². The molecule has 0 bridgehead atoms. The third kappa shape index (κ3) is 5.30. The number of hydrogen-bond donors (Lipinski definition) is 4. The Kier molecular flexibility index (Phi) is 7.52. The van der Waals surface area contributed by atoms with E-state index in [0.29, 0.717) is 35.2 Å². The van der Waals surface area contributed by atoms with E-state index in [2.05, 4.69) is 39.4 Å². The van der Waals surface area contributed by atoms with E-state index in [-0.39, 0.29) is 11.9 Å². The van der Waals surface area contributed by atoms with E-state index >= 15 is 0 Å². The smallest absolute Gasteiger partial charge is 0.316 e. The Bertz CT molecular complexity index is 1330. The van der Waals surface area contributed by atoms with Crippen molar-refractivity contribution in [3.05, 3.63) is 71.7 Å². The van der Waals surface area contributed by atoms with Gasteiger partial charge in [-0.2, -0.15) is 0 Å². The lowest BCUT2D eigenvalue weighted by Gasteiger charge is -2.17. The average molecular weight is 500 g/mol. The molecular formula is C28H33N7O2. The molecule has 192 valence electrons. The maximum Gasteiger partial charge on any atom is 0.316 e. The van der Waals surface area contributed by atoms with Crippen LogP contribution in [0.5, 0.6) is 0 Å². The van der Waals surface area contributed by atoms with Gasteiger partial charge in [-0.05, 0) is 43.4 Å². The first kappa shape index (κ1) is 25.8. The molecular weight excluding hydrogens is 466 g/mol. The monoisotopic (exact) mass is 499 g/mol. The summed E-state index contributed by atoms with van der Waals surface area (Å²) < 4.78 is 5.28. The second kappa shape index (κ2) is 10.8. The first-order valence-corrected chi connectivity index (χ1v) is 12.4. The number of nitrogens with one attached hydrogen (secondary N) is 3. The van der Waals surface area contributed by atoms with Crippen LogP contribution in [0.1, 0.15) is 56.5 Å². The summed E-state index contributed by atoms with van der Waals surface area (Å²) in [6, 6.07) is 9.50. The first-order valence-electron chi connectivity index (χ1n) is 12.4. The third-order valence-corrected chi connectivity index (χ3v) is 6.53. The summed E-state index contributed by atoms with van der Waals surface area (Å²) in [5.74, 6) is 1.22. The number of benzene rings is 1. The second-order valence-corrected chi connectivity index (χ2v) is 9.33. The van der Waals surface area contributed by atoms with Crippen LogP contribution in [0.25, 0.3) is 16.7 Å². The minimum atomic E-state index is -0.565. The molecule has 2 heterocycles. The highest BCUT2D eigenvalue weighted by molar-refractivity contribution is 6.09. The number of ether oxygens (including phenoxy) is 1. The number of rotatable bonds is 10. The molecule has 2 aromatic heterocycles. The van der Waals surface area contributed by atoms with E-state index in [1.165, 1.54) is 6.21 Å². The fourth-order valence-electron chi connectivity index (χ4n) is 4.23. The van der Waals surface area contributed by atoms with E-state index in [9.17, 15) is 4.79 Å². The van der Waals surface area contributed by atoms with Crippen LogP contribution >= 0.6 is 0 Å². The van der Waals surface area contributed by atoms with Gasteiger partial charge in [-0.25, -0.2) is 4.98 Å². The Labute approximate surface area is 217 Å². The largest absolute Gasteiger partial charge is 0.465 e. The number of nitrogen functional groups attached to an aromatic ring is 1. The van der Waals surface area contributed by atoms with Gasteiger partial charge in [0, 0.05) is 42.5 Å². The lowest BCUT2D eigenvalue weighted by atomic mass is 9.92. The van der Waals surface area contributed by atoms with Crippen molar-refractivity contribution in [2.75, 3.05) is 24.7 Å². The average Bonchev–Trinajstić information content (AvgIpc) is 3.71. The van der Waals surface area contributed by atoms with Crippen LogP contribution in [0.3, 0.4) is 0 Å². The maximum absolute atomic E-state index is 12.5. The number of nitrogens with zero attached hydrogens (tertiary/aromatic N) is 3. The molecule has 1 saturated carbocycles. The fraction of sp³-hybridized carbons (Fsp3) is 0.321. The molecule has 9 heteroatoms. The van der Waals surface area contributed by atoms with E-state index < -0.39 is 5.41 Å². The number of carbonyl (C=O) groups is 1. The Morgan fingerprint density at radius 3 is 2.57 bits per heavy atom. The highest BCUT2D eigenvalue weighted by atomic mass is 16.5. The lowest BCUT2D eigenvalue weighted by Crippen LogP contribution is -2.23. The molecule has 0 aliphatic heterocycles. The number of allylic oxidation sites excluding steroid dienone is 1. The molecule has 5 N–H and O–H groups in total. The number of carbonyl (C=O) groups excluding carboxylic acids is 1. The van der Waals surface area contributed by atoms with Crippen molar-refractivity contribution in [1.29, 1.82) is 5.41 Å². The van der Waals surface area contributed by atoms with Crippen LogP contribution in [-0.4, -0.2) is 40.8 Å². The molecule has 3 aromatic rings. The van der Waals surface area contributed by atoms with Crippen molar-refractivity contribution in [2.45, 2.75) is 44.9 Å². The minimum Gasteiger partial charge on any atom is -0.465 e. The van der Waals surface area contributed by atoms with Gasteiger partial charge in [-0.3, -0.25) is 14.8 Å². The SMILES string of the molecule is CCOC(=O)C1(c2ccc(-c3ccc(/C(C=N)=C(/NC)Nc4cncc(C(C)C)n4)nc3)c(N)c2)CC1. The zero-order valence-corrected chi connectivity index (χ0v) is 21.6. The number of pyridine rings is 1. The van der Waals surface area contributed by atoms with Crippen LogP contribution in [0.2, 0.25) is 0 Å². The minimum absolute atomic E-state index is 0.185. The Balaban J connectivity index is 1.59. The number of nitrogens with two attached hydrogens (primary N) is 1. The van der Waals surface area contributed by atoms with Gasteiger partial charge >= 0.3 is 5.97 Å². The van der Waals surface area contributed by atoms with Gasteiger partial charge in [-0.1, -0.05) is 32.0 Å². The van der Waals surface area contributed by atoms with Crippen LogP contribution in [0, 0.1) is 5.41 Å². The summed E-state index contributed by atoms with van der Waals surface area (Å²) in [7, 11) is 1.77. The van der Waals surface area contributed by atoms with Crippen molar-refractivity contribution in [1.82, 2.24) is 20.3 Å². The van der Waals surface area contributed by atoms with Gasteiger partial charge in [0.2, 0.25) is 0 Å². The molecule has 0 amide bonds. The summed E-state index contributed by atoms with van der Waals surface area (Å²) in [6.45, 7) is 6.29. The Hall–Kier alpha value is -4.27. The van der Waals surface area contributed by atoms with Crippen LogP contribution in [0.15, 0.2) is 54.7 Å². The number of aromatic nitrogens is 3. The molecule has 1 fully saturated rings. The molecule has 4 rings (SSSR count). The molecule has 1 aliphatic carbocycles. The van der Waals surface area contributed by atoms with Gasteiger partial charge in [0.15, 0.2) is 0 Å². The summed E-state index contributed by atoms with van der Waals surface area (Å²) in [5.41, 5.74) is 11.0. The molecule has 0 radical (unpaired) electrons. The quantitative estimate of drug-likeness (QED) is 0.182. The molecule has 1 aromatic carbocycles. The highest BCUT2D eigenvalue weighted by Crippen LogP contribution is 2.50. The lowest BCUT2D eigenvalue weighted by molar-refractivity contribution is -0.146. The van der Waals surface area contributed by atoms with Crippen LogP contribution in [0.4, 0.5) is 11.5 Å². The summed E-state index contributed by atoms with van der Waals surface area (Å²) in [6.07, 6.45) is 7.91. The fourth-order valence-corrected chi connectivity index (χ4v) is 4.23. The predicted molar refractivity (Wildman–Crippen MR) is 146 cm³/mol. The van der Waals surface area contributed by atoms with Crippen LogP contribution < -0.4 is 16.4 Å². The number of anilines is 2. The van der Waals surface area contributed by atoms with Crippen molar-refractivity contribution in [2.24, 2.45) is 0 Å². The Morgan fingerprint density at radius 2 is 2.00 bits per heavy atom. The summed E-state index contributed by atoms with van der Waals surface area (Å²) >= 11 is 0. The van der Waals surface area contributed by atoms with Gasteiger partial charge in [-0.15, -0.1) is 0 Å². The standard InChI is InChI=1S/C28H33N7O2/c1-5-37-27(36)28(10-11-28)19-7-8-20(22(30)12-19)18-6-9-23(33-14-18)21(13-29)26(31-4)35-25-16-32-15-24(34-25)17(2)3/h6-9,12-17,29,31H,5,10-11,30H2,1-4H3,(H,34,35)/b26-21-,29-13?. The molecule has 0 atom stereocenters. The maximum atomic E-state index is 12.5. The van der Waals surface area contributed by atoms with E-state index in [1.807, 2.05) is 37.3 Å². The number of hydrogen-bond acceptors (Lipinski definition) is 9. The molecule has 0 unspecified atom stereocenters. The first-order chi connectivity index (χ1) is 17.8. The molecule has 0 spiro atoms. The summed E-state index contributed by atoms with van der Waals surface area (Å²) in [5, 5.41) is 14.3. The van der Waals surface area contributed by atoms with Crippen LogP contribution in [-0.2, 0) is 14.9 Å². The van der Waals surface area contributed by atoms with Crippen molar-refractivity contribution in [3.8, 4) is 11.1 Å². The van der Waals surface area contributed by atoms with E-state index in [1.54, 1.807) is 25.6 Å². The van der Waals surface area contributed by atoms with Crippen molar-refractivity contribution < 1.29 is 9.53 Å². The van der Waals surface area contributed by atoms with Gasteiger partial charge in [0.1, 0.15) is 11.6 Å². The van der Waals surface area contributed by atoms with Crippen molar-refractivity contribution in [3.63, 3.8) is 0 Å². The van der Waals surface area contributed by atoms with Crippen molar-refractivity contribution >= 4 is 29.3 Å². The predicted octanol–water partition coefficient (Wildman–Crippen LogP) is 4.49. The molecule has 9 nitrogen and oxygen atoms in total. The zero-order chi connectivity index (χ0) is 26.6. The molecule has 0 saturated heterocycles. The summed E-state index contributed by atoms with van der Waals surface area (Å²) in [4.78, 5) is 25.9. The van der Waals surface area contributed by atoms with E-state index in [4.69, 9.17) is 15.9 Å². The zero-order valence-electron chi connectivity index (χ0n) is 21.6. The molecule has 37 heavy (non-hydrogen) atoms. The highest BCUT2D eigenvalue weighted by Gasteiger charge is 2.52. The Morgan fingerprint density at radius 1 is 1.22 bits per heavy atom. The second-order valence-electron chi connectivity index (χ2n) is 9.33. The van der Waals surface area contributed by atoms with Gasteiger partial charge in [0.25, 0.3) is 0 Å². The normalized spacial score (nSPS) is 14.5.